The number of aryl methyl sites for hydroxylation is 2. The van der Waals surface area contributed by atoms with Gasteiger partial charge in [0.05, 0.1) is 5.75 Å². The van der Waals surface area contributed by atoms with Gasteiger partial charge in [-0.05, 0) is 36.0 Å². The molecule has 0 atom stereocenters. The number of nitrogens with one attached hydrogen (secondary N) is 1. The highest BCUT2D eigenvalue weighted by Gasteiger charge is 2.16. The summed E-state index contributed by atoms with van der Waals surface area (Å²) in [6.45, 7) is 10.6. The van der Waals surface area contributed by atoms with Crippen molar-refractivity contribution >= 4 is 24.2 Å². The molecule has 1 aromatic carbocycles. The number of thiol groups is 1. The van der Waals surface area contributed by atoms with Crippen LogP contribution in [-0.4, -0.2) is 11.7 Å². The zero-order chi connectivity index (χ0) is 13.2. The maximum absolute atomic E-state index is 11.4. The molecule has 0 aliphatic rings. The van der Waals surface area contributed by atoms with Crippen molar-refractivity contribution in [3.63, 3.8) is 0 Å². The van der Waals surface area contributed by atoms with E-state index in [-0.39, 0.29) is 17.1 Å². The van der Waals surface area contributed by atoms with Gasteiger partial charge in [-0.2, -0.15) is 12.6 Å². The van der Waals surface area contributed by atoms with Crippen LogP contribution in [0.15, 0.2) is 12.1 Å². The fraction of sp³-hybridized carbons (Fsp3) is 0.500. The van der Waals surface area contributed by atoms with E-state index in [1.54, 1.807) is 0 Å². The zero-order valence-corrected chi connectivity index (χ0v) is 12.1. The maximum atomic E-state index is 11.4. The molecule has 0 aliphatic carbocycles. The summed E-state index contributed by atoms with van der Waals surface area (Å²) in [5, 5.41) is 2.89. The SMILES string of the molecule is Cc1cc(C(C)(C)C)cc(C)c1NC(=O)CS. The first-order valence-electron chi connectivity index (χ1n) is 5.78. The Labute approximate surface area is 109 Å². The van der Waals surface area contributed by atoms with Crippen molar-refractivity contribution in [2.45, 2.75) is 40.0 Å². The fourth-order valence-electron chi connectivity index (χ4n) is 1.77. The second-order valence-corrected chi connectivity index (χ2v) is 5.76. The molecular formula is C14H21NOS. The van der Waals surface area contributed by atoms with Gasteiger partial charge in [-0.3, -0.25) is 4.79 Å². The first kappa shape index (κ1) is 14.1. The zero-order valence-electron chi connectivity index (χ0n) is 11.2. The molecule has 1 rings (SSSR count). The quantitative estimate of drug-likeness (QED) is 0.774. The smallest absolute Gasteiger partial charge is 0.234 e. The highest BCUT2D eigenvalue weighted by molar-refractivity contribution is 7.81. The van der Waals surface area contributed by atoms with Crippen molar-refractivity contribution in [1.29, 1.82) is 0 Å². The molecule has 17 heavy (non-hydrogen) atoms. The number of anilines is 1. The first-order chi connectivity index (χ1) is 7.75. The summed E-state index contributed by atoms with van der Waals surface area (Å²) in [6, 6.07) is 4.28. The van der Waals surface area contributed by atoms with E-state index >= 15 is 0 Å². The lowest BCUT2D eigenvalue weighted by Gasteiger charge is -2.22. The summed E-state index contributed by atoms with van der Waals surface area (Å²) in [4.78, 5) is 11.4. The van der Waals surface area contributed by atoms with Gasteiger partial charge in [0.2, 0.25) is 5.91 Å². The molecular weight excluding hydrogens is 230 g/mol. The number of hydrogen-bond acceptors (Lipinski definition) is 2. The van der Waals surface area contributed by atoms with Crippen molar-refractivity contribution in [2.75, 3.05) is 11.1 Å². The summed E-state index contributed by atoms with van der Waals surface area (Å²) in [5.41, 5.74) is 4.53. The van der Waals surface area contributed by atoms with Gasteiger partial charge in [-0.15, -0.1) is 0 Å². The van der Waals surface area contributed by atoms with Gasteiger partial charge >= 0.3 is 0 Å². The Kier molecular flexibility index (Phi) is 4.26. The Bertz CT molecular complexity index is 409. The van der Waals surface area contributed by atoms with Gasteiger partial charge in [0.25, 0.3) is 0 Å². The van der Waals surface area contributed by atoms with Gasteiger partial charge in [-0.25, -0.2) is 0 Å². The number of hydrogen-bond donors (Lipinski definition) is 2. The molecule has 0 aliphatic heterocycles. The highest BCUT2D eigenvalue weighted by Crippen LogP contribution is 2.29. The average Bonchev–Trinajstić information content (AvgIpc) is 2.21. The Balaban J connectivity index is 3.15. The normalized spacial score (nSPS) is 11.4. The Hall–Kier alpha value is -0.960. The van der Waals surface area contributed by atoms with E-state index in [9.17, 15) is 4.79 Å². The second-order valence-electron chi connectivity index (χ2n) is 5.44. The topological polar surface area (TPSA) is 29.1 Å². The molecule has 1 amide bonds. The van der Waals surface area contributed by atoms with Crippen LogP contribution < -0.4 is 5.32 Å². The minimum atomic E-state index is -0.0666. The molecule has 0 radical (unpaired) electrons. The van der Waals surface area contributed by atoms with E-state index in [0.29, 0.717) is 0 Å². The van der Waals surface area contributed by atoms with E-state index in [1.807, 2.05) is 13.8 Å². The third kappa shape index (κ3) is 3.50. The summed E-state index contributed by atoms with van der Waals surface area (Å²) in [5.74, 6) is 0.142. The molecule has 0 bridgehead atoms. The summed E-state index contributed by atoms with van der Waals surface area (Å²) in [6.07, 6.45) is 0. The van der Waals surface area contributed by atoms with Crippen LogP contribution in [0.4, 0.5) is 5.69 Å². The Morgan fingerprint density at radius 1 is 1.24 bits per heavy atom. The van der Waals surface area contributed by atoms with Crippen molar-refractivity contribution < 1.29 is 4.79 Å². The van der Waals surface area contributed by atoms with E-state index in [0.717, 1.165) is 16.8 Å². The average molecular weight is 251 g/mol. The summed E-state index contributed by atoms with van der Waals surface area (Å²) in [7, 11) is 0. The minimum absolute atomic E-state index is 0.0666. The molecule has 0 spiro atoms. The fourth-order valence-corrected chi connectivity index (χ4v) is 1.85. The lowest BCUT2D eigenvalue weighted by molar-refractivity contribution is -0.113. The molecule has 3 heteroatoms. The minimum Gasteiger partial charge on any atom is -0.325 e. The van der Waals surface area contributed by atoms with Gasteiger partial charge in [0.1, 0.15) is 0 Å². The molecule has 0 heterocycles. The lowest BCUT2D eigenvalue weighted by atomic mass is 9.85. The van der Waals surface area contributed by atoms with Crippen molar-refractivity contribution in [3.05, 3.63) is 28.8 Å². The molecule has 0 saturated carbocycles. The molecule has 1 aromatic rings. The van der Waals surface area contributed by atoms with Crippen LogP contribution >= 0.6 is 12.6 Å². The Morgan fingerprint density at radius 2 is 1.71 bits per heavy atom. The lowest BCUT2D eigenvalue weighted by Crippen LogP contribution is -2.16. The standard InChI is InChI=1S/C14H21NOS/c1-9-6-11(14(3,4)5)7-10(2)13(9)15-12(16)8-17/h6-7,17H,8H2,1-5H3,(H,15,16). The highest BCUT2D eigenvalue weighted by atomic mass is 32.1. The molecule has 0 fully saturated rings. The summed E-state index contributed by atoms with van der Waals surface area (Å²) >= 11 is 3.97. The monoisotopic (exact) mass is 251 g/mol. The van der Waals surface area contributed by atoms with Crippen LogP contribution in [0.2, 0.25) is 0 Å². The number of carbonyl (C=O) groups excluding carboxylic acids is 1. The number of benzene rings is 1. The van der Waals surface area contributed by atoms with Gasteiger partial charge < -0.3 is 5.32 Å². The van der Waals surface area contributed by atoms with Crippen LogP contribution in [-0.2, 0) is 10.2 Å². The van der Waals surface area contributed by atoms with E-state index in [2.05, 4.69) is 50.8 Å². The molecule has 94 valence electrons. The van der Waals surface area contributed by atoms with Crippen LogP contribution in [0, 0.1) is 13.8 Å². The molecule has 2 nitrogen and oxygen atoms in total. The predicted octanol–water partition coefficient (Wildman–Crippen LogP) is 3.47. The van der Waals surface area contributed by atoms with Crippen molar-refractivity contribution in [1.82, 2.24) is 0 Å². The third-order valence-electron chi connectivity index (χ3n) is 2.81. The van der Waals surface area contributed by atoms with Gasteiger partial charge in [0, 0.05) is 5.69 Å². The van der Waals surface area contributed by atoms with Gasteiger partial charge in [0.15, 0.2) is 0 Å². The van der Waals surface area contributed by atoms with E-state index in [4.69, 9.17) is 0 Å². The molecule has 0 aromatic heterocycles. The summed E-state index contributed by atoms with van der Waals surface area (Å²) < 4.78 is 0. The molecule has 0 unspecified atom stereocenters. The second kappa shape index (κ2) is 5.13. The Morgan fingerprint density at radius 3 is 2.06 bits per heavy atom. The first-order valence-corrected chi connectivity index (χ1v) is 6.41. The molecule has 0 saturated heterocycles. The third-order valence-corrected chi connectivity index (χ3v) is 3.09. The van der Waals surface area contributed by atoms with Gasteiger partial charge in [-0.1, -0.05) is 32.9 Å². The van der Waals surface area contributed by atoms with Crippen molar-refractivity contribution in [3.8, 4) is 0 Å². The number of rotatable bonds is 2. The number of carbonyl (C=O) groups is 1. The van der Waals surface area contributed by atoms with E-state index < -0.39 is 0 Å². The predicted molar refractivity (Wildman–Crippen MR) is 77.1 cm³/mol. The van der Waals surface area contributed by atoms with Crippen LogP contribution in [0.3, 0.4) is 0 Å². The molecule has 1 N–H and O–H groups in total. The van der Waals surface area contributed by atoms with E-state index in [1.165, 1.54) is 5.56 Å². The van der Waals surface area contributed by atoms with Crippen LogP contribution in [0.1, 0.15) is 37.5 Å². The van der Waals surface area contributed by atoms with Crippen molar-refractivity contribution in [2.24, 2.45) is 0 Å². The van der Waals surface area contributed by atoms with Crippen LogP contribution in [0.25, 0.3) is 0 Å². The largest absolute Gasteiger partial charge is 0.325 e. The maximum Gasteiger partial charge on any atom is 0.234 e. The van der Waals surface area contributed by atoms with Crippen LogP contribution in [0.5, 0.6) is 0 Å². The number of amides is 1.